The molecule has 3 aromatic rings. The molecular weight excluding hydrogens is 264 g/mol. The van der Waals surface area contributed by atoms with E-state index in [1.807, 2.05) is 18.2 Å². The molecule has 0 bridgehead atoms. The van der Waals surface area contributed by atoms with Crippen molar-refractivity contribution in [2.45, 2.75) is 4.90 Å². The molecular formula is C17H14N2S. The maximum Gasteiger partial charge on any atom is 0.138 e. The van der Waals surface area contributed by atoms with Gasteiger partial charge in [-0.3, -0.25) is 0 Å². The van der Waals surface area contributed by atoms with Gasteiger partial charge in [-0.25, -0.2) is 4.98 Å². The van der Waals surface area contributed by atoms with Crippen LogP contribution in [0.4, 0.5) is 0 Å². The molecule has 0 amide bonds. The van der Waals surface area contributed by atoms with Gasteiger partial charge in [-0.1, -0.05) is 36.4 Å². The number of nitrogens with one attached hydrogen (secondary N) is 1. The molecule has 1 N–H and O–H groups in total. The predicted molar refractivity (Wildman–Crippen MR) is 87.1 cm³/mol. The number of hydrogen-bond acceptors (Lipinski definition) is 1. The zero-order chi connectivity index (χ0) is 13.4. The molecule has 0 saturated carbocycles. The maximum absolute atomic E-state index is 4.63. The second kappa shape index (κ2) is 4.69. The van der Waals surface area contributed by atoms with Crippen LogP contribution in [0.2, 0.25) is 0 Å². The molecule has 0 spiro atoms. The highest BCUT2D eigenvalue weighted by Crippen LogP contribution is 2.42. The van der Waals surface area contributed by atoms with Crippen LogP contribution in [0.1, 0.15) is 0 Å². The van der Waals surface area contributed by atoms with Crippen molar-refractivity contribution >= 4 is 21.9 Å². The van der Waals surface area contributed by atoms with E-state index in [1.165, 1.54) is 4.90 Å². The van der Waals surface area contributed by atoms with E-state index in [4.69, 9.17) is 0 Å². The van der Waals surface area contributed by atoms with E-state index in [2.05, 4.69) is 63.3 Å². The zero-order valence-electron chi connectivity index (χ0n) is 10.8. The van der Waals surface area contributed by atoms with Crippen LogP contribution in [0.25, 0.3) is 22.4 Å². The van der Waals surface area contributed by atoms with Crippen LogP contribution in [0, 0.1) is 0 Å². The Labute approximate surface area is 120 Å². The predicted octanol–water partition coefficient (Wildman–Crippen LogP) is 4.63. The van der Waals surface area contributed by atoms with Crippen molar-refractivity contribution in [1.29, 1.82) is 0 Å². The Bertz CT molecular complexity index is 767. The number of H-pyrrole nitrogens is 1. The number of para-hydroxylation sites is 2. The highest BCUT2D eigenvalue weighted by atomic mass is 32.2. The van der Waals surface area contributed by atoms with Crippen LogP contribution < -0.4 is 0 Å². The molecule has 0 aliphatic carbocycles. The molecule has 2 aromatic carbocycles. The van der Waals surface area contributed by atoms with Crippen molar-refractivity contribution in [1.82, 2.24) is 9.97 Å². The van der Waals surface area contributed by atoms with E-state index in [0.29, 0.717) is 0 Å². The van der Waals surface area contributed by atoms with E-state index >= 15 is 0 Å². The molecule has 1 aromatic heterocycles. The van der Waals surface area contributed by atoms with Gasteiger partial charge in [0.2, 0.25) is 0 Å². The molecule has 4 rings (SSSR count). The Morgan fingerprint density at radius 1 is 0.850 bits per heavy atom. The number of aromatic amines is 1. The third kappa shape index (κ3) is 1.96. The van der Waals surface area contributed by atoms with Gasteiger partial charge < -0.3 is 4.98 Å². The molecule has 0 unspecified atom stereocenters. The number of imidazole rings is 1. The van der Waals surface area contributed by atoms with Gasteiger partial charge in [0, 0.05) is 5.56 Å². The maximum atomic E-state index is 4.63. The van der Waals surface area contributed by atoms with Crippen molar-refractivity contribution in [3.63, 3.8) is 0 Å². The molecule has 2 heterocycles. The summed E-state index contributed by atoms with van der Waals surface area (Å²) < 4.78 is 0. The number of thiol groups is 1. The summed E-state index contributed by atoms with van der Waals surface area (Å²) in [6, 6.07) is 16.8. The Hall–Kier alpha value is -2.26. The number of nitrogens with zero attached hydrogens (tertiary/aromatic N) is 1. The molecule has 1 aliphatic heterocycles. The molecule has 0 fully saturated rings. The fourth-order valence-electron chi connectivity index (χ4n) is 2.39. The molecule has 2 nitrogen and oxygen atoms in total. The molecule has 3 heteroatoms. The summed E-state index contributed by atoms with van der Waals surface area (Å²) in [5, 5.41) is 4.54. The second-order valence-corrected chi connectivity index (χ2v) is 6.67. The first-order valence-electron chi connectivity index (χ1n) is 6.59. The van der Waals surface area contributed by atoms with Gasteiger partial charge in [0.1, 0.15) is 5.82 Å². The average molecular weight is 278 g/mol. The van der Waals surface area contributed by atoms with E-state index in [0.717, 1.165) is 22.4 Å². The molecule has 20 heavy (non-hydrogen) atoms. The number of rotatable bonds is 2. The Morgan fingerprint density at radius 3 is 2.35 bits per heavy atom. The lowest BCUT2D eigenvalue weighted by Gasteiger charge is -2.10. The van der Waals surface area contributed by atoms with Crippen LogP contribution in [0.3, 0.4) is 0 Å². The minimum atomic E-state index is -0.233. The quantitative estimate of drug-likeness (QED) is 0.657. The molecule has 0 atom stereocenters. The first-order valence-corrected chi connectivity index (χ1v) is 8.07. The summed E-state index contributed by atoms with van der Waals surface area (Å²) in [7, 11) is -0.233. The Morgan fingerprint density at radius 2 is 1.60 bits per heavy atom. The van der Waals surface area contributed by atoms with Crippen molar-refractivity contribution < 1.29 is 0 Å². The summed E-state index contributed by atoms with van der Waals surface area (Å²) >= 11 is 0. The first kappa shape index (κ1) is 11.6. The highest BCUT2D eigenvalue weighted by molar-refractivity contribution is 8.22. The zero-order valence-corrected chi connectivity index (χ0v) is 11.7. The Kier molecular flexibility index (Phi) is 2.71. The van der Waals surface area contributed by atoms with Crippen molar-refractivity contribution in [2.75, 3.05) is 0 Å². The van der Waals surface area contributed by atoms with Gasteiger partial charge in [0.05, 0.1) is 11.0 Å². The summed E-state index contributed by atoms with van der Waals surface area (Å²) in [6.45, 7) is 0. The van der Waals surface area contributed by atoms with Crippen LogP contribution in [0.15, 0.2) is 76.4 Å². The number of benzene rings is 2. The Balaban J connectivity index is 1.71. The SMILES string of the molecule is C1=C[SH](c2ccc(-c3nc4ccccc4[nH]3)cc2)C=C1. The number of aromatic nitrogens is 2. The lowest BCUT2D eigenvalue weighted by Crippen LogP contribution is -1.81. The van der Waals surface area contributed by atoms with Crippen LogP contribution in [-0.2, 0) is 0 Å². The van der Waals surface area contributed by atoms with Gasteiger partial charge in [-0.15, -0.1) is 0 Å². The minimum absolute atomic E-state index is 0.233. The summed E-state index contributed by atoms with van der Waals surface area (Å²) in [4.78, 5) is 9.38. The largest absolute Gasteiger partial charge is 0.338 e. The average Bonchev–Trinajstić information content (AvgIpc) is 3.17. The minimum Gasteiger partial charge on any atom is -0.338 e. The summed E-state index contributed by atoms with van der Waals surface area (Å²) in [5.74, 6) is 0.933. The lowest BCUT2D eigenvalue weighted by molar-refractivity contribution is 1.32. The van der Waals surface area contributed by atoms with E-state index in [1.54, 1.807) is 0 Å². The van der Waals surface area contributed by atoms with E-state index < -0.39 is 0 Å². The monoisotopic (exact) mass is 278 g/mol. The molecule has 0 saturated heterocycles. The highest BCUT2D eigenvalue weighted by Gasteiger charge is 2.06. The summed E-state index contributed by atoms with van der Waals surface area (Å²) in [6.07, 6.45) is 4.25. The fraction of sp³-hybridized carbons (Fsp3) is 0. The third-order valence-electron chi connectivity index (χ3n) is 3.43. The van der Waals surface area contributed by atoms with Gasteiger partial charge >= 0.3 is 0 Å². The van der Waals surface area contributed by atoms with Crippen molar-refractivity contribution in [3.05, 3.63) is 71.5 Å². The molecule has 98 valence electrons. The first-order chi connectivity index (χ1) is 9.90. The smallest absolute Gasteiger partial charge is 0.138 e. The molecule has 0 radical (unpaired) electrons. The topological polar surface area (TPSA) is 28.7 Å². The van der Waals surface area contributed by atoms with E-state index in [9.17, 15) is 0 Å². The normalized spacial score (nSPS) is 15.3. The standard InChI is InChI=1S/C17H14N2S/c1-2-6-16-15(5-1)18-17(19-16)13-7-9-14(10-8-13)20-11-3-4-12-20/h1-12,20H,(H,18,19). The van der Waals surface area contributed by atoms with E-state index in [-0.39, 0.29) is 10.9 Å². The van der Waals surface area contributed by atoms with Gasteiger partial charge in [-0.05, 0) is 40.0 Å². The fourth-order valence-corrected chi connectivity index (χ4v) is 3.89. The van der Waals surface area contributed by atoms with Gasteiger partial charge in [0.25, 0.3) is 0 Å². The lowest BCUT2D eigenvalue weighted by atomic mass is 10.2. The summed E-state index contributed by atoms with van der Waals surface area (Å²) in [5.41, 5.74) is 3.22. The van der Waals surface area contributed by atoms with Crippen LogP contribution in [-0.4, -0.2) is 9.97 Å². The number of hydrogen-bond donors (Lipinski definition) is 2. The number of fused-ring (bicyclic) bond motifs is 1. The van der Waals surface area contributed by atoms with Crippen molar-refractivity contribution in [3.8, 4) is 11.4 Å². The van der Waals surface area contributed by atoms with Gasteiger partial charge in [-0.2, -0.15) is 10.9 Å². The van der Waals surface area contributed by atoms with Crippen LogP contribution in [0.5, 0.6) is 0 Å². The van der Waals surface area contributed by atoms with Crippen LogP contribution >= 0.6 is 10.9 Å². The van der Waals surface area contributed by atoms with Crippen molar-refractivity contribution in [2.24, 2.45) is 0 Å². The molecule has 1 aliphatic rings. The number of allylic oxidation sites excluding steroid dienone is 2. The second-order valence-electron chi connectivity index (χ2n) is 4.74. The van der Waals surface area contributed by atoms with Gasteiger partial charge in [0.15, 0.2) is 0 Å². The third-order valence-corrected chi connectivity index (χ3v) is 5.31.